The van der Waals surface area contributed by atoms with Crippen molar-refractivity contribution in [3.63, 3.8) is 0 Å². The first-order chi connectivity index (χ1) is 6.79. The highest BCUT2D eigenvalue weighted by molar-refractivity contribution is 8.00. The molecule has 14 heavy (non-hydrogen) atoms. The highest BCUT2D eigenvalue weighted by atomic mass is 32.2. The van der Waals surface area contributed by atoms with E-state index in [1.54, 1.807) is 0 Å². The van der Waals surface area contributed by atoms with Crippen LogP contribution in [0.25, 0.3) is 0 Å². The van der Waals surface area contributed by atoms with E-state index < -0.39 is 0 Å². The van der Waals surface area contributed by atoms with E-state index in [1.165, 1.54) is 19.3 Å². The zero-order chi connectivity index (χ0) is 10.0. The Kier molecular flexibility index (Phi) is 3.02. The van der Waals surface area contributed by atoms with E-state index in [-0.39, 0.29) is 11.5 Å². The maximum Gasteiger partial charge on any atom is 0.327 e. The maximum absolute atomic E-state index is 11.8. The van der Waals surface area contributed by atoms with Crippen LogP contribution in [-0.2, 0) is 9.53 Å². The largest absolute Gasteiger partial charge is 0.468 e. The van der Waals surface area contributed by atoms with Crippen LogP contribution < -0.4 is 5.32 Å². The summed E-state index contributed by atoms with van der Waals surface area (Å²) in [5, 5.41) is 3.80. The number of thioether (sulfide) groups is 1. The van der Waals surface area contributed by atoms with Gasteiger partial charge >= 0.3 is 5.97 Å². The number of hydrogen-bond donors (Lipinski definition) is 1. The highest BCUT2D eigenvalue weighted by Crippen LogP contribution is 2.39. The average Bonchev–Trinajstić information content (AvgIpc) is 2.86. The van der Waals surface area contributed by atoms with Gasteiger partial charge in [-0.15, -0.1) is 0 Å². The monoisotopic (exact) mass is 215 g/mol. The predicted octanol–water partition coefficient (Wildman–Crippen LogP) is 1.18. The number of carbonyl (C=O) groups excluding carboxylic acids is 1. The lowest BCUT2D eigenvalue weighted by Gasteiger charge is -2.31. The third-order valence-electron chi connectivity index (χ3n) is 3.22. The topological polar surface area (TPSA) is 38.3 Å². The zero-order valence-electron chi connectivity index (χ0n) is 8.54. The third kappa shape index (κ3) is 1.54. The zero-order valence-corrected chi connectivity index (χ0v) is 9.36. The molecule has 0 bridgehead atoms. The lowest BCUT2D eigenvalue weighted by Crippen LogP contribution is -2.55. The summed E-state index contributed by atoms with van der Waals surface area (Å²) in [6, 6.07) is 0. The first kappa shape index (κ1) is 10.3. The molecular formula is C10H17NO2S. The predicted molar refractivity (Wildman–Crippen MR) is 57.5 cm³/mol. The van der Waals surface area contributed by atoms with E-state index in [1.807, 2.05) is 11.8 Å². The molecule has 0 spiro atoms. The lowest BCUT2D eigenvalue weighted by molar-refractivity contribution is -0.148. The van der Waals surface area contributed by atoms with Crippen molar-refractivity contribution < 1.29 is 9.53 Å². The fourth-order valence-electron chi connectivity index (χ4n) is 2.50. The summed E-state index contributed by atoms with van der Waals surface area (Å²) < 4.78 is 4.94. The molecule has 3 nitrogen and oxygen atoms in total. The molecule has 0 saturated carbocycles. The molecular weight excluding hydrogens is 198 g/mol. The van der Waals surface area contributed by atoms with Gasteiger partial charge in [0, 0.05) is 5.25 Å². The number of methoxy groups -OCH3 is 1. The Morgan fingerprint density at radius 2 is 2.43 bits per heavy atom. The molecule has 2 aliphatic heterocycles. The number of hydrogen-bond acceptors (Lipinski definition) is 4. The van der Waals surface area contributed by atoms with E-state index in [9.17, 15) is 4.79 Å². The fraction of sp³-hybridized carbons (Fsp3) is 0.900. The maximum atomic E-state index is 11.8. The van der Waals surface area contributed by atoms with Crippen LogP contribution in [0.3, 0.4) is 0 Å². The molecule has 2 rings (SSSR count). The quantitative estimate of drug-likeness (QED) is 0.702. The molecule has 2 aliphatic rings. The molecule has 2 atom stereocenters. The first-order valence-corrected chi connectivity index (χ1v) is 6.29. The van der Waals surface area contributed by atoms with Gasteiger partial charge in [-0.1, -0.05) is 0 Å². The van der Waals surface area contributed by atoms with Crippen molar-refractivity contribution in [2.24, 2.45) is 0 Å². The Morgan fingerprint density at radius 1 is 1.57 bits per heavy atom. The Balaban J connectivity index is 2.16. The standard InChI is InChI=1S/C10H17NO2S/c1-13-9(12)10(5-3-6-11-10)8-4-2-7-14-8/h8,11H,2-7H2,1H3. The molecule has 2 unspecified atom stereocenters. The second-order valence-corrected chi connectivity index (χ2v) is 5.31. The number of ether oxygens (including phenoxy) is 1. The molecule has 0 aromatic heterocycles. The smallest absolute Gasteiger partial charge is 0.327 e. The van der Waals surface area contributed by atoms with Crippen LogP contribution in [0.15, 0.2) is 0 Å². The number of carbonyl (C=O) groups is 1. The van der Waals surface area contributed by atoms with Gasteiger partial charge in [0.1, 0.15) is 5.54 Å². The molecule has 0 aromatic rings. The Hall–Kier alpha value is -0.220. The van der Waals surface area contributed by atoms with Crippen molar-refractivity contribution in [2.45, 2.75) is 36.5 Å². The average molecular weight is 215 g/mol. The molecule has 0 aliphatic carbocycles. The van der Waals surface area contributed by atoms with Crippen molar-refractivity contribution in [1.82, 2.24) is 5.32 Å². The molecule has 0 amide bonds. The SMILES string of the molecule is COC(=O)C1(C2CCCS2)CCCN1. The summed E-state index contributed by atoms with van der Waals surface area (Å²) in [7, 11) is 1.49. The van der Waals surface area contributed by atoms with Gasteiger partial charge in [0.05, 0.1) is 7.11 Å². The molecule has 80 valence electrons. The van der Waals surface area contributed by atoms with Crippen molar-refractivity contribution in [3.05, 3.63) is 0 Å². The third-order valence-corrected chi connectivity index (χ3v) is 4.78. The fourth-order valence-corrected chi connectivity index (χ4v) is 4.03. The van der Waals surface area contributed by atoms with Gasteiger partial charge in [0.25, 0.3) is 0 Å². The van der Waals surface area contributed by atoms with E-state index >= 15 is 0 Å². The summed E-state index contributed by atoms with van der Waals surface area (Å²) in [4.78, 5) is 11.8. The van der Waals surface area contributed by atoms with Gasteiger partial charge in [0.15, 0.2) is 0 Å². The number of nitrogens with one attached hydrogen (secondary N) is 1. The Labute approximate surface area is 89.0 Å². The van der Waals surface area contributed by atoms with E-state index in [0.29, 0.717) is 5.25 Å². The molecule has 1 N–H and O–H groups in total. The lowest BCUT2D eigenvalue weighted by atomic mass is 9.90. The van der Waals surface area contributed by atoms with Gasteiger partial charge in [-0.3, -0.25) is 4.79 Å². The van der Waals surface area contributed by atoms with E-state index in [4.69, 9.17) is 4.74 Å². The van der Waals surface area contributed by atoms with Crippen molar-refractivity contribution in [2.75, 3.05) is 19.4 Å². The number of rotatable bonds is 2. The molecule has 2 fully saturated rings. The molecule has 2 heterocycles. The van der Waals surface area contributed by atoms with Crippen LogP contribution in [0, 0.1) is 0 Å². The summed E-state index contributed by atoms with van der Waals surface area (Å²) >= 11 is 1.92. The Bertz CT molecular complexity index is 220. The Morgan fingerprint density at radius 3 is 2.93 bits per heavy atom. The minimum absolute atomic E-state index is 0.0607. The molecule has 0 radical (unpaired) electrons. The van der Waals surface area contributed by atoms with Gasteiger partial charge in [-0.2, -0.15) is 11.8 Å². The molecule has 4 heteroatoms. The van der Waals surface area contributed by atoms with E-state index in [0.717, 1.165) is 25.8 Å². The molecule has 2 saturated heterocycles. The summed E-state index contributed by atoms with van der Waals surface area (Å²) in [6.45, 7) is 0.951. The summed E-state index contributed by atoms with van der Waals surface area (Å²) in [5.41, 5.74) is -0.365. The van der Waals surface area contributed by atoms with Crippen LogP contribution >= 0.6 is 11.8 Å². The summed E-state index contributed by atoms with van der Waals surface area (Å²) in [5.74, 6) is 1.12. The van der Waals surface area contributed by atoms with Gasteiger partial charge < -0.3 is 10.1 Å². The minimum atomic E-state index is -0.365. The van der Waals surface area contributed by atoms with Gasteiger partial charge in [-0.25, -0.2) is 0 Å². The normalized spacial score (nSPS) is 37.4. The highest BCUT2D eigenvalue weighted by Gasteiger charge is 2.49. The second kappa shape index (κ2) is 4.11. The van der Waals surface area contributed by atoms with Gasteiger partial charge in [-0.05, 0) is 38.0 Å². The van der Waals surface area contributed by atoms with E-state index in [2.05, 4.69) is 5.32 Å². The second-order valence-electron chi connectivity index (χ2n) is 3.99. The van der Waals surface area contributed by atoms with Crippen LogP contribution in [0.1, 0.15) is 25.7 Å². The minimum Gasteiger partial charge on any atom is -0.468 e. The van der Waals surface area contributed by atoms with Crippen molar-refractivity contribution >= 4 is 17.7 Å². The number of esters is 1. The van der Waals surface area contributed by atoms with Crippen LogP contribution in [0.2, 0.25) is 0 Å². The van der Waals surface area contributed by atoms with Crippen molar-refractivity contribution in [1.29, 1.82) is 0 Å². The molecule has 0 aromatic carbocycles. The van der Waals surface area contributed by atoms with Gasteiger partial charge in [0.2, 0.25) is 0 Å². The van der Waals surface area contributed by atoms with Crippen molar-refractivity contribution in [3.8, 4) is 0 Å². The van der Waals surface area contributed by atoms with Crippen LogP contribution in [-0.4, -0.2) is 36.2 Å². The first-order valence-electron chi connectivity index (χ1n) is 5.24. The van der Waals surface area contributed by atoms with Crippen LogP contribution in [0.4, 0.5) is 0 Å². The summed E-state index contributed by atoms with van der Waals surface area (Å²) in [6.07, 6.45) is 4.41. The van der Waals surface area contributed by atoms with Crippen LogP contribution in [0.5, 0.6) is 0 Å².